The minimum atomic E-state index is -0.207. The van der Waals surface area contributed by atoms with E-state index in [2.05, 4.69) is 15.2 Å². The van der Waals surface area contributed by atoms with E-state index < -0.39 is 0 Å². The number of piperidine rings is 1. The van der Waals surface area contributed by atoms with Gasteiger partial charge in [0.2, 0.25) is 5.89 Å². The predicted molar refractivity (Wildman–Crippen MR) is 102 cm³/mol. The van der Waals surface area contributed by atoms with Crippen LogP contribution in [0.15, 0.2) is 45.7 Å². The Bertz CT molecular complexity index is 1070. The predicted octanol–water partition coefficient (Wildman–Crippen LogP) is 2.51. The molecule has 3 heterocycles. The van der Waals surface area contributed by atoms with Gasteiger partial charge in [-0.3, -0.25) is 9.59 Å². The minimum absolute atomic E-state index is 0.0766. The molecule has 1 aromatic carbocycles. The summed E-state index contributed by atoms with van der Waals surface area (Å²) in [5.74, 6) is 0.976. The molecule has 0 spiro atoms. The van der Waals surface area contributed by atoms with Crippen LogP contribution >= 0.6 is 0 Å². The number of aromatic nitrogens is 4. The summed E-state index contributed by atoms with van der Waals surface area (Å²) in [6.07, 6.45) is 2.75. The largest absolute Gasteiger partial charge is 0.337 e. The van der Waals surface area contributed by atoms with E-state index in [1.807, 2.05) is 17.0 Å². The molecule has 0 bridgehead atoms. The first-order chi connectivity index (χ1) is 13.5. The summed E-state index contributed by atoms with van der Waals surface area (Å²) >= 11 is 0. The van der Waals surface area contributed by atoms with Gasteiger partial charge in [0.15, 0.2) is 5.82 Å². The Morgan fingerprint density at radius 3 is 2.82 bits per heavy atom. The summed E-state index contributed by atoms with van der Waals surface area (Å²) in [5, 5.41) is 8.13. The zero-order valence-electron chi connectivity index (χ0n) is 15.8. The number of aryl methyl sites for hydroxylation is 2. The van der Waals surface area contributed by atoms with Gasteiger partial charge in [-0.15, -0.1) is 0 Å². The molecule has 28 heavy (non-hydrogen) atoms. The number of benzene rings is 1. The van der Waals surface area contributed by atoms with E-state index in [9.17, 15) is 9.59 Å². The first kappa shape index (κ1) is 18.1. The van der Waals surface area contributed by atoms with Gasteiger partial charge in [0.25, 0.3) is 11.5 Å². The Kier molecular flexibility index (Phi) is 4.77. The van der Waals surface area contributed by atoms with Crippen LogP contribution in [0.2, 0.25) is 0 Å². The van der Waals surface area contributed by atoms with Gasteiger partial charge in [-0.2, -0.15) is 10.1 Å². The van der Waals surface area contributed by atoms with Crippen LogP contribution in [0.5, 0.6) is 0 Å². The van der Waals surface area contributed by atoms with Gasteiger partial charge in [-0.1, -0.05) is 17.3 Å². The van der Waals surface area contributed by atoms with Crippen molar-refractivity contribution in [3.63, 3.8) is 0 Å². The molecule has 144 valence electrons. The van der Waals surface area contributed by atoms with Crippen molar-refractivity contribution in [2.24, 2.45) is 7.05 Å². The molecule has 8 nitrogen and oxygen atoms in total. The minimum Gasteiger partial charge on any atom is -0.337 e. The molecule has 1 atom stereocenters. The molecule has 1 fully saturated rings. The highest BCUT2D eigenvalue weighted by molar-refractivity contribution is 5.95. The molecule has 0 aliphatic carbocycles. The normalized spacial score (nSPS) is 16.9. The Morgan fingerprint density at radius 1 is 1.21 bits per heavy atom. The lowest BCUT2D eigenvalue weighted by Crippen LogP contribution is -2.38. The van der Waals surface area contributed by atoms with E-state index >= 15 is 0 Å². The van der Waals surface area contributed by atoms with Crippen molar-refractivity contribution >= 4 is 5.91 Å². The zero-order chi connectivity index (χ0) is 19.7. The van der Waals surface area contributed by atoms with Crippen molar-refractivity contribution in [1.82, 2.24) is 24.8 Å². The van der Waals surface area contributed by atoms with Crippen LogP contribution in [0, 0.1) is 6.92 Å². The summed E-state index contributed by atoms with van der Waals surface area (Å²) in [6.45, 7) is 2.42. The van der Waals surface area contributed by atoms with Crippen LogP contribution in [0.25, 0.3) is 11.3 Å². The molecule has 1 amide bonds. The van der Waals surface area contributed by atoms with Crippen molar-refractivity contribution in [3.8, 4) is 11.3 Å². The van der Waals surface area contributed by atoms with E-state index in [4.69, 9.17) is 4.52 Å². The van der Waals surface area contributed by atoms with Gasteiger partial charge < -0.3 is 9.42 Å². The fourth-order valence-corrected chi connectivity index (χ4v) is 3.51. The molecular weight excluding hydrogens is 358 g/mol. The first-order valence-corrected chi connectivity index (χ1v) is 9.29. The SMILES string of the molecule is Cc1noc([C@@H]2CCCCN2C(=O)c2cccc(-c3ccc(=O)n(C)n3)c2)n1. The molecular formula is C20H21N5O3. The average Bonchev–Trinajstić information content (AvgIpc) is 3.16. The molecule has 1 aliphatic heterocycles. The molecule has 0 unspecified atom stereocenters. The molecule has 2 aromatic heterocycles. The second-order valence-electron chi connectivity index (χ2n) is 6.95. The van der Waals surface area contributed by atoms with Crippen LogP contribution < -0.4 is 5.56 Å². The highest BCUT2D eigenvalue weighted by Gasteiger charge is 2.32. The van der Waals surface area contributed by atoms with Gasteiger partial charge in [0.05, 0.1) is 5.69 Å². The van der Waals surface area contributed by atoms with Crippen LogP contribution in [-0.2, 0) is 7.05 Å². The van der Waals surface area contributed by atoms with E-state index in [-0.39, 0.29) is 17.5 Å². The second-order valence-corrected chi connectivity index (χ2v) is 6.95. The number of rotatable bonds is 3. The molecule has 0 radical (unpaired) electrons. The van der Waals surface area contributed by atoms with Gasteiger partial charge in [-0.25, -0.2) is 4.68 Å². The molecule has 3 aromatic rings. The maximum Gasteiger partial charge on any atom is 0.266 e. The number of hydrogen-bond donors (Lipinski definition) is 0. The lowest BCUT2D eigenvalue weighted by atomic mass is 9.99. The fourth-order valence-electron chi connectivity index (χ4n) is 3.51. The van der Waals surface area contributed by atoms with Crippen molar-refractivity contribution in [2.45, 2.75) is 32.2 Å². The number of amides is 1. The van der Waals surface area contributed by atoms with Gasteiger partial charge in [-0.05, 0) is 44.4 Å². The van der Waals surface area contributed by atoms with Gasteiger partial charge in [0.1, 0.15) is 6.04 Å². The van der Waals surface area contributed by atoms with Gasteiger partial charge >= 0.3 is 0 Å². The van der Waals surface area contributed by atoms with Crippen LogP contribution in [0.1, 0.15) is 47.4 Å². The summed E-state index contributed by atoms with van der Waals surface area (Å²) in [7, 11) is 1.60. The van der Waals surface area contributed by atoms with Crippen LogP contribution in [-0.4, -0.2) is 37.3 Å². The first-order valence-electron chi connectivity index (χ1n) is 9.29. The van der Waals surface area contributed by atoms with E-state index in [0.717, 1.165) is 24.8 Å². The number of carbonyl (C=O) groups excluding carboxylic acids is 1. The van der Waals surface area contributed by atoms with Crippen molar-refractivity contribution in [2.75, 3.05) is 6.54 Å². The average molecular weight is 379 g/mol. The third-order valence-corrected chi connectivity index (χ3v) is 4.96. The highest BCUT2D eigenvalue weighted by Crippen LogP contribution is 2.31. The lowest BCUT2D eigenvalue weighted by molar-refractivity contribution is 0.0561. The Labute approximate surface area is 161 Å². The van der Waals surface area contributed by atoms with Crippen LogP contribution in [0.4, 0.5) is 0 Å². The summed E-state index contributed by atoms with van der Waals surface area (Å²) in [4.78, 5) is 31.0. The third-order valence-electron chi connectivity index (χ3n) is 4.96. The monoisotopic (exact) mass is 379 g/mol. The Hall–Kier alpha value is -3.29. The highest BCUT2D eigenvalue weighted by atomic mass is 16.5. The standard InChI is InChI=1S/C20H21N5O3/c1-13-21-19(28-23-13)17-8-3-4-11-25(17)20(27)15-7-5-6-14(12-15)16-9-10-18(26)24(2)22-16/h5-7,9-10,12,17H,3-4,8,11H2,1-2H3/t17-/m0/s1. The second kappa shape index (κ2) is 7.38. The van der Waals surface area contributed by atoms with Crippen molar-refractivity contribution in [1.29, 1.82) is 0 Å². The summed E-state index contributed by atoms with van der Waals surface area (Å²) in [6, 6.07) is 10.2. The van der Waals surface area contributed by atoms with Crippen molar-refractivity contribution in [3.05, 3.63) is 64.0 Å². The molecule has 8 heteroatoms. The molecule has 0 saturated carbocycles. The Balaban J connectivity index is 1.65. The van der Waals surface area contributed by atoms with Crippen LogP contribution in [0.3, 0.4) is 0 Å². The fraction of sp³-hybridized carbons (Fsp3) is 0.350. The maximum atomic E-state index is 13.3. The Morgan fingerprint density at radius 2 is 2.07 bits per heavy atom. The summed E-state index contributed by atoms with van der Waals surface area (Å²) in [5.41, 5.74) is 1.81. The lowest BCUT2D eigenvalue weighted by Gasteiger charge is -2.33. The van der Waals surface area contributed by atoms with Crippen molar-refractivity contribution < 1.29 is 9.32 Å². The zero-order valence-corrected chi connectivity index (χ0v) is 15.8. The quantitative estimate of drug-likeness (QED) is 0.694. The smallest absolute Gasteiger partial charge is 0.266 e. The number of nitrogens with zero attached hydrogens (tertiary/aromatic N) is 5. The van der Waals surface area contributed by atoms with E-state index in [1.165, 1.54) is 10.7 Å². The molecule has 1 aliphatic rings. The maximum absolute atomic E-state index is 13.3. The number of hydrogen-bond acceptors (Lipinski definition) is 6. The molecule has 0 N–H and O–H groups in total. The molecule has 4 rings (SSSR count). The van der Waals surface area contributed by atoms with E-state index in [0.29, 0.717) is 29.5 Å². The van der Waals surface area contributed by atoms with Gasteiger partial charge in [0, 0.05) is 30.8 Å². The summed E-state index contributed by atoms with van der Waals surface area (Å²) < 4.78 is 6.62. The number of carbonyl (C=O) groups is 1. The topological polar surface area (TPSA) is 94.1 Å². The third kappa shape index (κ3) is 3.45. The molecule has 1 saturated heterocycles. The van der Waals surface area contributed by atoms with E-state index in [1.54, 1.807) is 32.2 Å². The number of likely N-dealkylation sites (tertiary alicyclic amines) is 1.